The van der Waals surface area contributed by atoms with Gasteiger partial charge in [0.1, 0.15) is 18.1 Å². The monoisotopic (exact) mass is 316 g/mol. The lowest BCUT2D eigenvalue weighted by molar-refractivity contribution is -0.000298. The Labute approximate surface area is 135 Å². The molecule has 0 fully saturated rings. The number of para-hydroxylation sites is 1. The fourth-order valence-corrected chi connectivity index (χ4v) is 1.51. The SMILES string of the molecule is C=CCOC(=O)c1ccc(O)cc1.CC(O)Oc1ccccc1. The molecule has 2 aromatic carbocycles. The summed E-state index contributed by atoms with van der Waals surface area (Å²) < 4.78 is 9.75. The van der Waals surface area contributed by atoms with E-state index in [1.165, 1.54) is 30.3 Å². The molecular formula is C18H20O5. The van der Waals surface area contributed by atoms with Crippen LogP contribution in [0, 0.1) is 0 Å². The molecule has 0 saturated carbocycles. The van der Waals surface area contributed by atoms with Gasteiger partial charge in [0.2, 0.25) is 0 Å². The molecule has 0 amide bonds. The maximum atomic E-state index is 11.2. The molecule has 2 aromatic rings. The Kier molecular flexibility index (Phi) is 7.96. The largest absolute Gasteiger partial charge is 0.508 e. The number of phenols is 1. The minimum absolute atomic E-state index is 0.125. The van der Waals surface area contributed by atoms with Crippen molar-refractivity contribution in [2.45, 2.75) is 13.2 Å². The Hall–Kier alpha value is -2.79. The zero-order chi connectivity index (χ0) is 17.1. The molecule has 0 bridgehead atoms. The summed E-state index contributed by atoms with van der Waals surface area (Å²) in [4.78, 5) is 11.2. The van der Waals surface area contributed by atoms with Gasteiger partial charge in [0, 0.05) is 0 Å². The Morgan fingerprint density at radius 3 is 2.30 bits per heavy atom. The molecule has 0 aliphatic rings. The minimum Gasteiger partial charge on any atom is -0.508 e. The Balaban J connectivity index is 0.000000238. The summed E-state index contributed by atoms with van der Waals surface area (Å²) in [5.41, 5.74) is 0.416. The van der Waals surface area contributed by atoms with Gasteiger partial charge in [0.05, 0.1) is 5.56 Å². The quantitative estimate of drug-likeness (QED) is 0.503. The van der Waals surface area contributed by atoms with Gasteiger partial charge in [-0.3, -0.25) is 0 Å². The summed E-state index contributed by atoms with van der Waals surface area (Å²) in [6, 6.07) is 15.1. The maximum Gasteiger partial charge on any atom is 0.338 e. The number of phenolic OH excluding ortho intramolecular Hbond substituents is 1. The van der Waals surface area contributed by atoms with Gasteiger partial charge in [-0.25, -0.2) is 4.79 Å². The number of hydrogen-bond donors (Lipinski definition) is 2. The highest BCUT2D eigenvalue weighted by Crippen LogP contribution is 2.10. The predicted molar refractivity (Wildman–Crippen MR) is 87.3 cm³/mol. The number of aromatic hydroxyl groups is 1. The third kappa shape index (κ3) is 7.68. The molecule has 0 aliphatic heterocycles. The van der Waals surface area contributed by atoms with E-state index in [0.717, 1.165) is 0 Å². The van der Waals surface area contributed by atoms with Crippen molar-refractivity contribution in [3.05, 3.63) is 72.8 Å². The third-order valence-corrected chi connectivity index (χ3v) is 2.49. The Morgan fingerprint density at radius 2 is 1.78 bits per heavy atom. The normalized spacial score (nSPS) is 10.7. The van der Waals surface area contributed by atoms with Gasteiger partial charge < -0.3 is 19.7 Å². The standard InChI is InChI=1S/C10H10O3.C8H10O2/c1-2-7-13-10(12)8-3-5-9(11)6-4-8;1-7(9)10-8-5-3-2-4-6-8/h2-6,11H,1,7H2;2-7,9H,1H3. The van der Waals surface area contributed by atoms with Crippen molar-refractivity contribution in [3.8, 4) is 11.5 Å². The first-order chi connectivity index (χ1) is 11.0. The van der Waals surface area contributed by atoms with Crippen LogP contribution in [-0.4, -0.2) is 29.1 Å². The van der Waals surface area contributed by atoms with Crippen molar-refractivity contribution in [2.75, 3.05) is 6.61 Å². The van der Waals surface area contributed by atoms with Gasteiger partial charge >= 0.3 is 5.97 Å². The van der Waals surface area contributed by atoms with Gasteiger partial charge in [0.25, 0.3) is 0 Å². The van der Waals surface area contributed by atoms with Gasteiger partial charge in [0.15, 0.2) is 6.29 Å². The third-order valence-electron chi connectivity index (χ3n) is 2.49. The number of benzene rings is 2. The number of ether oxygens (including phenoxy) is 2. The van der Waals surface area contributed by atoms with Crippen molar-refractivity contribution in [2.24, 2.45) is 0 Å². The predicted octanol–water partition coefficient (Wildman–Crippen LogP) is 3.14. The van der Waals surface area contributed by atoms with E-state index in [1.807, 2.05) is 18.2 Å². The Morgan fingerprint density at radius 1 is 1.17 bits per heavy atom. The second kappa shape index (κ2) is 10.0. The number of carbonyl (C=O) groups is 1. The molecule has 2 rings (SSSR count). The highest BCUT2D eigenvalue weighted by molar-refractivity contribution is 5.89. The number of hydrogen-bond acceptors (Lipinski definition) is 5. The van der Waals surface area contributed by atoms with Crippen LogP contribution in [0.25, 0.3) is 0 Å². The lowest BCUT2D eigenvalue weighted by Crippen LogP contribution is -2.08. The van der Waals surface area contributed by atoms with Crippen LogP contribution in [-0.2, 0) is 4.74 Å². The minimum atomic E-state index is -0.734. The molecular weight excluding hydrogens is 296 g/mol. The van der Waals surface area contributed by atoms with Gasteiger partial charge in [-0.1, -0.05) is 30.9 Å². The fraction of sp³-hybridized carbons (Fsp3) is 0.167. The van der Waals surface area contributed by atoms with Gasteiger partial charge in [-0.2, -0.15) is 0 Å². The van der Waals surface area contributed by atoms with Crippen molar-refractivity contribution >= 4 is 5.97 Å². The maximum absolute atomic E-state index is 11.2. The van der Waals surface area contributed by atoms with Crippen LogP contribution in [0.4, 0.5) is 0 Å². The van der Waals surface area contributed by atoms with Crippen LogP contribution in [0.2, 0.25) is 0 Å². The van der Waals surface area contributed by atoms with Crippen molar-refractivity contribution in [1.82, 2.24) is 0 Å². The first-order valence-electron chi connectivity index (χ1n) is 6.99. The van der Waals surface area contributed by atoms with E-state index >= 15 is 0 Å². The van der Waals surface area contributed by atoms with Crippen LogP contribution in [0.15, 0.2) is 67.3 Å². The number of carbonyl (C=O) groups excluding carboxylic acids is 1. The molecule has 1 unspecified atom stereocenters. The zero-order valence-corrected chi connectivity index (χ0v) is 12.9. The second-order valence-electron chi connectivity index (χ2n) is 4.46. The summed E-state index contributed by atoms with van der Waals surface area (Å²) in [5.74, 6) is 0.401. The topological polar surface area (TPSA) is 76.0 Å². The average Bonchev–Trinajstić information content (AvgIpc) is 2.54. The molecule has 5 heteroatoms. The smallest absolute Gasteiger partial charge is 0.338 e. The van der Waals surface area contributed by atoms with E-state index in [4.69, 9.17) is 19.7 Å². The summed E-state index contributed by atoms with van der Waals surface area (Å²) in [7, 11) is 0. The van der Waals surface area contributed by atoms with E-state index in [-0.39, 0.29) is 12.4 Å². The zero-order valence-electron chi connectivity index (χ0n) is 12.9. The fourth-order valence-electron chi connectivity index (χ4n) is 1.51. The van der Waals surface area contributed by atoms with E-state index in [2.05, 4.69) is 6.58 Å². The van der Waals surface area contributed by atoms with Crippen molar-refractivity contribution in [1.29, 1.82) is 0 Å². The second-order valence-corrected chi connectivity index (χ2v) is 4.46. The lowest BCUT2D eigenvalue weighted by atomic mass is 10.2. The highest BCUT2D eigenvalue weighted by atomic mass is 16.6. The lowest BCUT2D eigenvalue weighted by Gasteiger charge is -2.06. The summed E-state index contributed by atoms with van der Waals surface area (Å²) in [6.07, 6.45) is 0.764. The molecule has 0 spiro atoms. The van der Waals surface area contributed by atoms with Crippen molar-refractivity contribution in [3.63, 3.8) is 0 Å². The first-order valence-corrected chi connectivity index (χ1v) is 6.99. The van der Waals surface area contributed by atoms with E-state index in [0.29, 0.717) is 11.3 Å². The average molecular weight is 316 g/mol. The Bertz CT molecular complexity index is 591. The summed E-state index contributed by atoms with van der Waals surface area (Å²) in [5, 5.41) is 17.7. The molecule has 122 valence electrons. The number of aliphatic hydroxyl groups excluding tert-OH is 1. The van der Waals surface area contributed by atoms with Crippen LogP contribution >= 0.6 is 0 Å². The molecule has 0 heterocycles. The number of aliphatic hydroxyl groups is 1. The molecule has 0 aliphatic carbocycles. The first kappa shape index (κ1) is 18.3. The van der Waals surface area contributed by atoms with Crippen LogP contribution in [0.5, 0.6) is 11.5 Å². The summed E-state index contributed by atoms with van der Waals surface area (Å²) in [6.45, 7) is 5.19. The summed E-state index contributed by atoms with van der Waals surface area (Å²) >= 11 is 0. The number of rotatable bonds is 5. The van der Waals surface area contributed by atoms with Crippen LogP contribution in [0.3, 0.4) is 0 Å². The van der Waals surface area contributed by atoms with E-state index in [1.54, 1.807) is 19.1 Å². The van der Waals surface area contributed by atoms with Crippen LogP contribution < -0.4 is 4.74 Å². The van der Waals surface area contributed by atoms with Crippen LogP contribution in [0.1, 0.15) is 17.3 Å². The molecule has 2 N–H and O–H groups in total. The van der Waals surface area contributed by atoms with Gasteiger partial charge in [-0.15, -0.1) is 0 Å². The van der Waals surface area contributed by atoms with Gasteiger partial charge in [-0.05, 0) is 43.3 Å². The number of esters is 1. The van der Waals surface area contributed by atoms with E-state index in [9.17, 15) is 4.79 Å². The molecule has 0 saturated heterocycles. The molecule has 0 aromatic heterocycles. The molecule has 5 nitrogen and oxygen atoms in total. The van der Waals surface area contributed by atoms with Crippen molar-refractivity contribution < 1.29 is 24.5 Å². The highest BCUT2D eigenvalue weighted by Gasteiger charge is 2.04. The molecule has 0 radical (unpaired) electrons. The molecule has 23 heavy (non-hydrogen) atoms. The molecule has 1 atom stereocenters. The van der Waals surface area contributed by atoms with E-state index < -0.39 is 12.3 Å².